The van der Waals surface area contributed by atoms with E-state index in [1.807, 2.05) is 13.1 Å². The Labute approximate surface area is 109 Å². The van der Waals surface area contributed by atoms with E-state index in [4.69, 9.17) is 4.74 Å². The van der Waals surface area contributed by atoms with Crippen molar-refractivity contribution in [3.05, 3.63) is 35.6 Å². The van der Waals surface area contributed by atoms with E-state index in [1.165, 1.54) is 6.07 Å². The number of ether oxygens (including phenoxy) is 1. The number of hydrogen-bond acceptors (Lipinski definition) is 2. The van der Waals surface area contributed by atoms with Crippen LogP contribution in [0.1, 0.15) is 32.3 Å². The Morgan fingerprint density at radius 2 is 2.11 bits per heavy atom. The van der Waals surface area contributed by atoms with Gasteiger partial charge in [-0.15, -0.1) is 0 Å². The van der Waals surface area contributed by atoms with Crippen LogP contribution < -0.4 is 5.32 Å². The molecule has 2 nitrogen and oxygen atoms in total. The highest BCUT2D eigenvalue weighted by Crippen LogP contribution is 2.39. The summed E-state index contributed by atoms with van der Waals surface area (Å²) < 4.78 is 19.4. The second kappa shape index (κ2) is 5.37. The Bertz CT molecular complexity index is 405. The van der Waals surface area contributed by atoms with Crippen LogP contribution in [0.3, 0.4) is 0 Å². The summed E-state index contributed by atoms with van der Waals surface area (Å²) in [5, 5.41) is 3.34. The van der Waals surface area contributed by atoms with E-state index in [2.05, 4.69) is 19.2 Å². The van der Waals surface area contributed by atoms with Gasteiger partial charge < -0.3 is 10.1 Å². The van der Waals surface area contributed by atoms with Crippen molar-refractivity contribution in [1.82, 2.24) is 5.32 Å². The zero-order valence-electron chi connectivity index (χ0n) is 11.4. The molecular weight excluding hydrogens is 229 g/mol. The van der Waals surface area contributed by atoms with Crippen molar-refractivity contribution in [1.29, 1.82) is 0 Å². The maximum Gasteiger partial charge on any atom is 0.128 e. The molecule has 2 atom stereocenters. The zero-order valence-corrected chi connectivity index (χ0v) is 11.4. The molecule has 0 aliphatic heterocycles. The van der Waals surface area contributed by atoms with Crippen molar-refractivity contribution in [2.24, 2.45) is 5.41 Å². The average molecular weight is 251 g/mol. The van der Waals surface area contributed by atoms with Crippen LogP contribution >= 0.6 is 0 Å². The Morgan fingerprint density at radius 3 is 2.78 bits per heavy atom. The third-order valence-electron chi connectivity index (χ3n) is 4.01. The van der Waals surface area contributed by atoms with E-state index in [1.54, 1.807) is 12.1 Å². The standard InChI is InChI=1S/C15H22FNO/c1-15(2)9-8-13(14(15)17-3)18-10-11-6-4-5-7-12(11)16/h4-7,13-14,17H,8-10H2,1-3H3. The Hall–Kier alpha value is -0.930. The van der Waals surface area contributed by atoms with E-state index in [0.717, 1.165) is 12.8 Å². The second-order valence-electron chi connectivity index (χ2n) is 5.73. The molecule has 0 amide bonds. The predicted molar refractivity (Wildman–Crippen MR) is 70.8 cm³/mol. The van der Waals surface area contributed by atoms with Gasteiger partial charge in [0.1, 0.15) is 5.82 Å². The molecule has 0 radical (unpaired) electrons. The summed E-state index contributed by atoms with van der Waals surface area (Å²) in [5.74, 6) is -0.184. The summed E-state index contributed by atoms with van der Waals surface area (Å²) in [6.45, 7) is 4.85. The number of nitrogens with one attached hydrogen (secondary N) is 1. The lowest BCUT2D eigenvalue weighted by molar-refractivity contribution is 0.0164. The predicted octanol–water partition coefficient (Wildman–Crippen LogP) is 3.12. The highest BCUT2D eigenvalue weighted by Gasteiger charge is 2.41. The molecule has 1 aliphatic carbocycles. The molecule has 1 fully saturated rings. The molecule has 1 saturated carbocycles. The molecule has 2 rings (SSSR count). The lowest BCUT2D eigenvalue weighted by atomic mass is 9.87. The molecule has 100 valence electrons. The van der Waals surface area contributed by atoms with Gasteiger partial charge in [-0.05, 0) is 31.4 Å². The molecule has 2 unspecified atom stereocenters. The smallest absolute Gasteiger partial charge is 0.128 e. The van der Waals surface area contributed by atoms with E-state index < -0.39 is 0 Å². The van der Waals surface area contributed by atoms with Gasteiger partial charge in [-0.25, -0.2) is 4.39 Å². The molecule has 1 aromatic carbocycles. The summed E-state index contributed by atoms with van der Waals surface area (Å²) in [7, 11) is 1.97. The van der Waals surface area contributed by atoms with Gasteiger partial charge in [-0.2, -0.15) is 0 Å². The van der Waals surface area contributed by atoms with Gasteiger partial charge in [0.05, 0.1) is 12.7 Å². The molecular formula is C15H22FNO. The van der Waals surface area contributed by atoms with E-state index >= 15 is 0 Å². The van der Waals surface area contributed by atoms with Crippen molar-refractivity contribution >= 4 is 0 Å². The molecule has 0 aromatic heterocycles. The fraction of sp³-hybridized carbons (Fsp3) is 0.600. The van der Waals surface area contributed by atoms with Gasteiger partial charge >= 0.3 is 0 Å². The quantitative estimate of drug-likeness (QED) is 0.887. The summed E-state index contributed by atoms with van der Waals surface area (Å²) in [4.78, 5) is 0. The normalized spacial score (nSPS) is 26.4. The van der Waals surface area contributed by atoms with E-state index in [0.29, 0.717) is 18.2 Å². The Morgan fingerprint density at radius 1 is 1.39 bits per heavy atom. The van der Waals surface area contributed by atoms with Gasteiger partial charge in [-0.3, -0.25) is 0 Å². The van der Waals surface area contributed by atoms with Crippen molar-refractivity contribution in [3.8, 4) is 0 Å². The minimum Gasteiger partial charge on any atom is -0.372 e. The monoisotopic (exact) mass is 251 g/mol. The van der Waals surface area contributed by atoms with E-state index in [-0.39, 0.29) is 17.3 Å². The van der Waals surface area contributed by atoms with Crippen LogP contribution in [-0.4, -0.2) is 19.2 Å². The number of hydrogen-bond donors (Lipinski definition) is 1. The first-order valence-electron chi connectivity index (χ1n) is 6.57. The minimum absolute atomic E-state index is 0.171. The van der Waals surface area contributed by atoms with Crippen LogP contribution in [0, 0.1) is 11.2 Å². The topological polar surface area (TPSA) is 21.3 Å². The highest BCUT2D eigenvalue weighted by molar-refractivity contribution is 5.16. The van der Waals surface area contributed by atoms with E-state index in [9.17, 15) is 4.39 Å². The molecule has 1 N–H and O–H groups in total. The van der Waals surface area contributed by atoms with Crippen molar-refractivity contribution in [2.45, 2.75) is 45.4 Å². The number of halogens is 1. The van der Waals surface area contributed by atoms with Crippen LogP contribution in [0.15, 0.2) is 24.3 Å². The van der Waals surface area contributed by atoms with Gasteiger partial charge in [0.2, 0.25) is 0 Å². The largest absolute Gasteiger partial charge is 0.372 e. The first-order chi connectivity index (χ1) is 8.54. The maximum absolute atomic E-state index is 13.5. The lowest BCUT2D eigenvalue weighted by Crippen LogP contribution is -2.43. The number of rotatable bonds is 4. The highest BCUT2D eigenvalue weighted by atomic mass is 19.1. The summed E-state index contributed by atoms with van der Waals surface area (Å²) >= 11 is 0. The Balaban J connectivity index is 1.97. The van der Waals surface area contributed by atoms with Gasteiger partial charge in [0, 0.05) is 11.6 Å². The molecule has 18 heavy (non-hydrogen) atoms. The van der Waals surface area contributed by atoms with Crippen LogP contribution in [0.25, 0.3) is 0 Å². The number of benzene rings is 1. The summed E-state index contributed by atoms with van der Waals surface area (Å²) in [5.41, 5.74) is 0.881. The van der Waals surface area contributed by atoms with Crippen LogP contribution in [0.5, 0.6) is 0 Å². The van der Waals surface area contributed by atoms with Crippen molar-refractivity contribution < 1.29 is 9.13 Å². The SMILES string of the molecule is CNC1C(OCc2ccccc2F)CCC1(C)C. The lowest BCUT2D eigenvalue weighted by Gasteiger charge is -2.30. The number of likely N-dealkylation sites (N-methyl/N-ethyl adjacent to an activating group) is 1. The molecule has 0 saturated heterocycles. The summed E-state index contributed by atoms with van der Waals surface area (Å²) in [6, 6.07) is 7.14. The third kappa shape index (κ3) is 2.73. The Kier molecular flexibility index (Phi) is 4.03. The molecule has 3 heteroatoms. The van der Waals surface area contributed by atoms with Crippen molar-refractivity contribution in [2.75, 3.05) is 7.05 Å². The summed E-state index contributed by atoms with van der Waals surface area (Å²) in [6.07, 6.45) is 2.34. The van der Waals surface area contributed by atoms with Gasteiger partial charge in [0.15, 0.2) is 0 Å². The maximum atomic E-state index is 13.5. The van der Waals surface area contributed by atoms with Gasteiger partial charge in [0.25, 0.3) is 0 Å². The van der Waals surface area contributed by atoms with Crippen LogP contribution in [0.4, 0.5) is 4.39 Å². The molecule has 0 spiro atoms. The minimum atomic E-state index is -0.184. The third-order valence-corrected chi connectivity index (χ3v) is 4.01. The molecule has 1 aromatic rings. The fourth-order valence-electron chi connectivity index (χ4n) is 2.91. The fourth-order valence-corrected chi connectivity index (χ4v) is 2.91. The first-order valence-corrected chi connectivity index (χ1v) is 6.57. The molecule has 0 heterocycles. The van der Waals surface area contributed by atoms with Crippen LogP contribution in [0.2, 0.25) is 0 Å². The van der Waals surface area contributed by atoms with Gasteiger partial charge in [-0.1, -0.05) is 32.0 Å². The second-order valence-corrected chi connectivity index (χ2v) is 5.73. The van der Waals surface area contributed by atoms with Crippen molar-refractivity contribution in [3.63, 3.8) is 0 Å². The average Bonchev–Trinajstić information content (AvgIpc) is 2.63. The zero-order chi connectivity index (χ0) is 13.2. The molecule has 0 bridgehead atoms. The molecule has 1 aliphatic rings. The first kappa shape index (κ1) is 13.5. The van der Waals surface area contributed by atoms with Crippen LogP contribution in [-0.2, 0) is 11.3 Å².